The minimum absolute atomic E-state index is 0. The van der Waals surface area contributed by atoms with Crippen molar-refractivity contribution in [3.05, 3.63) is 27.9 Å². The number of hydrogen-bond donors (Lipinski definition) is 2. The van der Waals surface area contributed by atoms with E-state index in [4.69, 9.17) is 11.6 Å². The first kappa shape index (κ1) is 11.5. The van der Waals surface area contributed by atoms with E-state index in [-0.39, 0.29) is 24.0 Å². The molecule has 2 heterocycles. The molecule has 0 fully saturated rings. The van der Waals surface area contributed by atoms with Crippen LogP contribution in [0.4, 0.5) is 5.95 Å². The third-order valence-electron chi connectivity index (χ3n) is 1.68. The molecule has 80 valence electrons. The van der Waals surface area contributed by atoms with Gasteiger partial charge < -0.3 is 11.6 Å². The average molecular weight is 246 g/mol. The van der Waals surface area contributed by atoms with Crippen LogP contribution in [0.1, 0.15) is 0 Å². The molecule has 2 aromatic rings. The van der Waals surface area contributed by atoms with Gasteiger partial charge in [0, 0.05) is 0 Å². The number of nitrogens with zero attached hydrogens (tertiary/aromatic N) is 3. The molecule has 0 aliphatic rings. The monoisotopic (exact) mass is 245 g/mol. The van der Waals surface area contributed by atoms with Gasteiger partial charge in [-0.15, -0.1) is 33.9 Å². The number of rotatable bonds is 1. The fraction of sp³-hybridized carbons (Fsp3) is 0. The smallest absolute Gasteiger partial charge is 0.301 e. The molecule has 0 radical (unpaired) electrons. The van der Waals surface area contributed by atoms with Crippen LogP contribution in [0, 0.1) is 0 Å². The third kappa shape index (κ3) is 1.92. The molecular weight excluding hydrogens is 238 g/mol. The van der Waals surface area contributed by atoms with Gasteiger partial charge >= 0.3 is 5.56 Å². The van der Waals surface area contributed by atoms with Gasteiger partial charge in [0.05, 0.1) is 4.88 Å². The molecule has 2 aromatic heterocycles. The lowest BCUT2D eigenvalue weighted by Gasteiger charge is -2.01. The Bertz CT molecular complexity index is 509. The van der Waals surface area contributed by atoms with Crippen LogP contribution < -0.4 is 17.1 Å². The Kier molecular flexibility index (Phi) is 3.28. The summed E-state index contributed by atoms with van der Waals surface area (Å²) in [6.45, 7) is 0. The summed E-state index contributed by atoms with van der Waals surface area (Å²) >= 11 is 1.39. The molecule has 0 saturated carbocycles. The lowest BCUT2D eigenvalue weighted by Crippen LogP contribution is -2.32. The first-order valence-electron chi connectivity index (χ1n) is 3.74. The molecule has 0 spiro atoms. The topological polar surface area (TPSA) is 99.8 Å². The van der Waals surface area contributed by atoms with Gasteiger partial charge in [-0.25, -0.2) is 0 Å². The molecule has 0 amide bonds. The summed E-state index contributed by atoms with van der Waals surface area (Å²) in [5.41, 5.74) is 5.09. The number of thiophene rings is 1. The number of nitrogen functional groups attached to an aromatic ring is 2. The molecule has 4 N–H and O–H groups in total. The van der Waals surface area contributed by atoms with Gasteiger partial charge in [-0.05, 0) is 11.4 Å². The summed E-state index contributed by atoms with van der Waals surface area (Å²) in [6.07, 6.45) is 0. The van der Waals surface area contributed by atoms with Gasteiger partial charge in [-0.2, -0.15) is 4.68 Å². The van der Waals surface area contributed by atoms with Crippen molar-refractivity contribution in [3.63, 3.8) is 0 Å². The molecule has 0 aliphatic carbocycles. The van der Waals surface area contributed by atoms with E-state index in [9.17, 15) is 4.79 Å². The van der Waals surface area contributed by atoms with Gasteiger partial charge in [0.25, 0.3) is 0 Å². The van der Waals surface area contributed by atoms with Crippen molar-refractivity contribution >= 4 is 29.7 Å². The first-order chi connectivity index (χ1) is 6.70. The molecule has 15 heavy (non-hydrogen) atoms. The molecule has 0 saturated heterocycles. The van der Waals surface area contributed by atoms with E-state index in [1.54, 1.807) is 6.07 Å². The second-order valence-electron chi connectivity index (χ2n) is 2.56. The van der Waals surface area contributed by atoms with Crippen LogP contribution in [0.15, 0.2) is 22.3 Å². The second kappa shape index (κ2) is 4.28. The standard InChI is InChI=1S/C7H7N5OS.ClH/c8-7-11-10-5(6(13)12(7)9)4-2-1-3-14-4;/h1-3H,9H2,(H2,8,11);1H. The minimum Gasteiger partial charge on any atom is -0.366 e. The van der Waals surface area contributed by atoms with Crippen LogP contribution in [0.2, 0.25) is 0 Å². The fourth-order valence-corrected chi connectivity index (χ4v) is 1.68. The summed E-state index contributed by atoms with van der Waals surface area (Å²) < 4.78 is 0.780. The number of aromatic nitrogens is 3. The fourth-order valence-electron chi connectivity index (χ4n) is 0.978. The van der Waals surface area contributed by atoms with Crippen molar-refractivity contribution in [2.24, 2.45) is 0 Å². The Labute approximate surface area is 94.9 Å². The predicted molar refractivity (Wildman–Crippen MR) is 61.4 cm³/mol. The lowest BCUT2D eigenvalue weighted by atomic mass is 10.4. The minimum atomic E-state index is -0.444. The average Bonchev–Trinajstić information content (AvgIpc) is 2.67. The van der Waals surface area contributed by atoms with E-state index in [2.05, 4.69) is 10.2 Å². The van der Waals surface area contributed by atoms with Crippen LogP contribution >= 0.6 is 23.7 Å². The lowest BCUT2D eigenvalue weighted by molar-refractivity contribution is 0.849. The van der Waals surface area contributed by atoms with Gasteiger partial charge in [0.1, 0.15) is 0 Å². The number of anilines is 1. The zero-order valence-corrected chi connectivity index (χ0v) is 9.09. The number of halogens is 1. The van der Waals surface area contributed by atoms with Gasteiger partial charge in [-0.1, -0.05) is 6.07 Å². The van der Waals surface area contributed by atoms with Crippen LogP contribution in [0.25, 0.3) is 10.6 Å². The van der Waals surface area contributed by atoms with Crippen LogP contribution in [-0.2, 0) is 0 Å². The van der Waals surface area contributed by atoms with Crippen LogP contribution in [-0.4, -0.2) is 14.9 Å². The van der Waals surface area contributed by atoms with E-state index in [1.807, 2.05) is 11.4 Å². The Morgan fingerprint density at radius 1 is 1.40 bits per heavy atom. The maximum Gasteiger partial charge on any atom is 0.301 e. The molecule has 8 heteroatoms. The van der Waals surface area contributed by atoms with Gasteiger partial charge in [-0.3, -0.25) is 4.79 Å². The largest absolute Gasteiger partial charge is 0.366 e. The molecule has 6 nitrogen and oxygen atoms in total. The van der Waals surface area contributed by atoms with Crippen molar-refractivity contribution in [2.75, 3.05) is 11.6 Å². The van der Waals surface area contributed by atoms with Crippen LogP contribution in [0.5, 0.6) is 0 Å². The maximum absolute atomic E-state index is 11.6. The summed E-state index contributed by atoms with van der Waals surface area (Å²) in [4.78, 5) is 12.3. The predicted octanol–water partition coefficient (Wildman–Crippen LogP) is 0.0846. The van der Waals surface area contributed by atoms with Crippen molar-refractivity contribution < 1.29 is 0 Å². The van der Waals surface area contributed by atoms with E-state index < -0.39 is 5.56 Å². The van der Waals surface area contributed by atoms with Gasteiger partial charge in [0.15, 0.2) is 5.69 Å². The second-order valence-corrected chi connectivity index (χ2v) is 3.51. The Hall–Kier alpha value is -1.60. The highest BCUT2D eigenvalue weighted by Gasteiger charge is 2.10. The molecule has 0 aromatic carbocycles. The van der Waals surface area contributed by atoms with E-state index in [0.29, 0.717) is 0 Å². The zero-order chi connectivity index (χ0) is 10.1. The number of hydrogen-bond acceptors (Lipinski definition) is 6. The Morgan fingerprint density at radius 2 is 2.13 bits per heavy atom. The maximum atomic E-state index is 11.6. The summed E-state index contributed by atoms with van der Waals surface area (Å²) in [6, 6.07) is 3.59. The van der Waals surface area contributed by atoms with Crippen molar-refractivity contribution in [1.82, 2.24) is 14.9 Å². The molecule has 0 atom stereocenters. The Morgan fingerprint density at radius 3 is 2.73 bits per heavy atom. The highest BCUT2D eigenvalue weighted by Crippen LogP contribution is 2.18. The van der Waals surface area contributed by atoms with Gasteiger partial charge in [0.2, 0.25) is 5.95 Å². The molecular formula is C7H8ClN5OS. The highest BCUT2D eigenvalue weighted by molar-refractivity contribution is 7.13. The summed E-state index contributed by atoms with van der Waals surface area (Å²) in [7, 11) is 0. The molecule has 0 aliphatic heterocycles. The normalized spacial score (nSPS) is 9.60. The van der Waals surface area contributed by atoms with Crippen molar-refractivity contribution in [1.29, 1.82) is 0 Å². The first-order valence-corrected chi connectivity index (χ1v) is 4.62. The van der Waals surface area contributed by atoms with Crippen molar-refractivity contribution in [2.45, 2.75) is 0 Å². The third-order valence-corrected chi connectivity index (χ3v) is 2.55. The van der Waals surface area contributed by atoms with Crippen LogP contribution in [0.3, 0.4) is 0 Å². The molecule has 0 bridgehead atoms. The molecule has 0 unspecified atom stereocenters. The molecule has 2 rings (SSSR count). The zero-order valence-electron chi connectivity index (χ0n) is 7.45. The van der Waals surface area contributed by atoms with E-state index >= 15 is 0 Å². The SMILES string of the molecule is Cl.Nc1nnc(-c2cccs2)c(=O)n1N. The quantitative estimate of drug-likeness (QED) is 0.694. The summed E-state index contributed by atoms with van der Waals surface area (Å²) in [5, 5.41) is 9.11. The number of nitrogens with two attached hydrogens (primary N) is 2. The van der Waals surface area contributed by atoms with Crippen molar-refractivity contribution in [3.8, 4) is 10.6 Å². The van der Waals surface area contributed by atoms with E-state index in [0.717, 1.165) is 9.55 Å². The van der Waals surface area contributed by atoms with E-state index in [1.165, 1.54) is 11.3 Å². The highest BCUT2D eigenvalue weighted by atomic mass is 35.5. The summed E-state index contributed by atoms with van der Waals surface area (Å²) in [5.74, 6) is 5.27. The Balaban J connectivity index is 0.00000112.